The lowest BCUT2D eigenvalue weighted by Crippen LogP contribution is -2.19. The number of H-pyrrole nitrogens is 1. The van der Waals surface area contributed by atoms with Gasteiger partial charge in [0.05, 0.1) is 23.4 Å². The van der Waals surface area contributed by atoms with Crippen molar-refractivity contribution in [3.05, 3.63) is 93.3 Å². The number of pyridine rings is 1. The topological polar surface area (TPSA) is 59.2 Å². The van der Waals surface area contributed by atoms with Crippen molar-refractivity contribution in [1.82, 2.24) is 4.98 Å². The Hall–Kier alpha value is -3.35. The smallest absolute Gasteiger partial charge is 0.416 e. The van der Waals surface area contributed by atoms with Crippen LogP contribution in [0.5, 0.6) is 0 Å². The van der Waals surface area contributed by atoms with Gasteiger partial charge in [0.2, 0.25) is 0 Å². The average Bonchev–Trinajstić information content (AvgIpc) is 2.69. The van der Waals surface area contributed by atoms with Gasteiger partial charge in [-0.1, -0.05) is 48.5 Å². The number of ether oxygens (including phenoxy) is 1. The Morgan fingerprint density at radius 1 is 1.03 bits per heavy atom. The summed E-state index contributed by atoms with van der Waals surface area (Å²) in [6.45, 7) is 1.81. The van der Waals surface area contributed by atoms with Gasteiger partial charge >= 0.3 is 12.1 Å². The van der Waals surface area contributed by atoms with Crippen LogP contribution in [0.3, 0.4) is 0 Å². The first kappa shape index (κ1) is 20.4. The molecule has 0 aliphatic carbocycles. The van der Waals surface area contributed by atoms with Crippen molar-refractivity contribution in [3.63, 3.8) is 0 Å². The molecule has 0 spiro atoms. The monoisotopic (exact) mass is 401 g/mol. The third kappa shape index (κ3) is 4.74. The summed E-state index contributed by atoms with van der Waals surface area (Å²) in [6.07, 6.45) is -4.53. The Bertz CT molecular complexity index is 1070. The fourth-order valence-corrected chi connectivity index (χ4v) is 2.98. The molecule has 0 saturated heterocycles. The Labute approximate surface area is 165 Å². The lowest BCUT2D eigenvalue weighted by molar-refractivity contribution is -0.137. The quantitative estimate of drug-likeness (QED) is 0.623. The SMILES string of the molecule is CCOC(=O)c1cc(Cc2cccc(C(F)(F)F)c2)c(=O)[nH]c1-c1ccccc1. The van der Waals surface area contributed by atoms with E-state index < -0.39 is 23.3 Å². The molecular formula is C22H18F3NO3. The van der Waals surface area contributed by atoms with Crippen molar-refractivity contribution < 1.29 is 22.7 Å². The first-order valence-electron chi connectivity index (χ1n) is 8.94. The molecule has 0 saturated carbocycles. The van der Waals surface area contributed by atoms with Crippen LogP contribution >= 0.6 is 0 Å². The van der Waals surface area contributed by atoms with Crippen LogP contribution in [0.25, 0.3) is 11.3 Å². The Morgan fingerprint density at radius 3 is 2.41 bits per heavy atom. The highest BCUT2D eigenvalue weighted by molar-refractivity contribution is 5.96. The average molecular weight is 401 g/mol. The van der Waals surface area contributed by atoms with Gasteiger partial charge in [-0.15, -0.1) is 0 Å². The van der Waals surface area contributed by atoms with E-state index in [-0.39, 0.29) is 24.2 Å². The highest BCUT2D eigenvalue weighted by atomic mass is 19.4. The predicted molar refractivity (Wildman–Crippen MR) is 103 cm³/mol. The predicted octanol–water partition coefficient (Wildman–Crippen LogP) is 4.83. The lowest BCUT2D eigenvalue weighted by Gasteiger charge is -2.12. The standard InChI is InChI=1S/C22H18F3NO3/c1-2-29-21(28)18-13-16(11-14-7-6-10-17(12-14)22(23,24)25)20(27)26-19(18)15-8-4-3-5-9-15/h3-10,12-13H,2,11H2,1H3,(H,26,27). The zero-order valence-corrected chi connectivity index (χ0v) is 15.5. The second-order valence-corrected chi connectivity index (χ2v) is 6.37. The number of nitrogens with one attached hydrogen (secondary N) is 1. The summed E-state index contributed by atoms with van der Waals surface area (Å²) in [6, 6.07) is 14.9. The molecule has 0 radical (unpaired) electrons. The van der Waals surface area contributed by atoms with E-state index in [1.807, 2.05) is 0 Å². The first-order chi connectivity index (χ1) is 13.8. The largest absolute Gasteiger partial charge is 0.462 e. The molecule has 0 aliphatic rings. The maximum atomic E-state index is 13.0. The number of hydrogen-bond donors (Lipinski definition) is 1. The van der Waals surface area contributed by atoms with E-state index in [2.05, 4.69) is 4.98 Å². The molecule has 0 atom stereocenters. The fourth-order valence-electron chi connectivity index (χ4n) is 2.98. The van der Waals surface area contributed by atoms with Gasteiger partial charge < -0.3 is 9.72 Å². The number of rotatable bonds is 5. The molecule has 150 valence electrons. The number of carbonyl (C=O) groups excluding carboxylic acids is 1. The van der Waals surface area contributed by atoms with Crippen LogP contribution in [0.15, 0.2) is 65.5 Å². The minimum atomic E-state index is -4.48. The van der Waals surface area contributed by atoms with E-state index in [1.54, 1.807) is 37.3 Å². The van der Waals surface area contributed by atoms with E-state index in [4.69, 9.17) is 4.74 Å². The van der Waals surface area contributed by atoms with Crippen LogP contribution in [0.2, 0.25) is 0 Å². The summed E-state index contributed by atoms with van der Waals surface area (Å²) in [5.41, 5.74) is 0.298. The van der Waals surface area contributed by atoms with Crippen LogP contribution in [-0.2, 0) is 17.3 Å². The number of benzene rings is 2. The summed E-state index contributed by atoms with van der Waals surface area (Å²) < 4.78 is 43.9. The Balaban J connectivity index is 2.06. The number of alkyl halides is 3. The van der Waals surface area contributed by atoms with Gasteiger partial charge in [0.1, 0.15) is 0 Å². The first-order valence-corrected chi connectivity index (χ1v) is 8.94. The van der Waals surface area contributed by atoms with Gasteiger partial charge in [0.25, 0.3) is 5.56 Å². The summed E-state index contributed by atoms with van der Waals surface area (Å²) >= 11 is 0. The minimum absolute atomic E-state index is 0.0548. The van der Waals surface area contributed by atoms with Crippen LogP contribution in [0.4, 0.5) is 13.2 Å². The van der Waals surface area contributed by atoms with Gasteiger partial charge in [-0.25, -0.2) is 4.79 Å². The van der Waals surface area contributed by atoms with Crippen molar-refractivity contribution in [2.24, 2.45) is 0 Å². The third-order valence-corrected chi connectivity index (χ3v) is 4.32. The third-order valence-electron chi connectivity index (χ3n) is 4.32. The number of aromatic nitrogens is 1. The van der Waals surface area contributed by atoms with Crippen LogP contribution < -0.4 is 5.56 Å². The van der Waals surface area contributed by atoms with Gasteiger partial charge in [0, 0.05) is 12.0 Å². The fraction of sp³-hybridized carbons (Fsp3) is 0.182. The van der Waals surface area contributed by atoms with E-state index >= 15 is 0 Å². The number of halogens is 3. The molecule has 3 aromatic rings. The summed E-state index contributed by atoms with van der Waals surface area (Å²) in [5.74, 6) is -0.618. The maximum Gasteiger partial charge on any atom is 0.416 e. The molecule has 2 aromatic carbocycles. The summed E-state index contributed by atoms with van der Waals surface area (Å²) in [4.78, 5) is 27.7. The summed E-state index contributed by atoms with van der Waals surface area (Å²) in [5, 5.41) is 0. The van der Waals surface area contributed by atoms with Crippen LogP contribution in [0, 0.1) is 0 Å². The highest BCUT2D eigenvalue weighted by Gasteiger charge is 2.30. The molecule has 0 aliphatic heterocycles. The molecule has 0 unspecified atom stereocenters. The molecule has 29 heavy (non-hydrogen) atoms. The molecule has 7 heteroatoms. The molecule has 0 bridgehead atoms. The van der Waals surface area contributed by atoms with Crippen LogP contribution in [-0.4, -0.2) is 17.6 Å². The molecule has 0 fully saturated rings. The lowest BCUT2D eigenvalue weighted by atomic mass is 9.99. The Kier molecular flexibility index (Phi) is 5.87. The molecule has 3 rings (SSSR count). The van der Waals surface area contributed by atoms with Gasteiger partial charge in [0.15, 0.2) is 0 Å². The molecular weight excluding hydrogens is 383 g/mol. The molecule has 0 amide bonds. The van der Waals surface area contributed by atoms with E-state index in [0.717, 1.165) is 12.1 Å². The summed E-state index contributed by atoms with van der Waals surface area (Å²) in [7, 11) is 0. The van der Waals surface area contributed by atoms with E-state index in [9.17, 15) is 22.8 Å². The van der Waals surface area contributed by atoms with Crippen molar-refractivity contribution >= 4 is 5.97 Å². The normalized spacial score (nSPS) is 11.3. The number of esters is 1. The maximum absolute atomic E-state index is 13.0. The van der Waals surface area contributed by atoms with Gasteiger partial charge in [-0.3, -0.25) is 4.79 Å². The van der Waals surface area contributed by atoms with Gasteiger partial charge in [-0.2, -0.15) is 13.2 Å². The van der Waals surface area contributed by atoms with E-state index in [0.29, 0.717) is 16.8 Å². The number of carbonyl (C=O) groups is 1. The van der Waals surface area contributed by atoms with Crippen molar-refractivity contribution in [1.29, 1.82) is 0 Å². The van der Waals surface area contributed by atoms with E-state index in [1.165, 1.54) is 18.2 Å². The highest BCUT2D eigenvalue weighted by Crippen LogP contribution is 2.30. The van der Waals surface area contributed by atoms with Crippen molar-refractivity contribution in [2.45, 2.75) is 19.5 Å². The minimum Gasteiger partial charge on any atom is -0.462 e. The van der Waals surface area contributed by atoms with Crippen molar-refractivity contribution in [3.8, 4) is 11.3 Å². The molecule has 1 heterocycles. The van der Waals surface area contributed by atoms with Crippen LogP contribution in [0.1, 0.15) is 34.0 Å². The molecule has 1 N–H and O–H groups in total. The number of aromatic amines is 1. The second-order valence-electron chi connectivity index (χ2n) is 6.37. The Morgan fingerprint density at radius 2 is 1.76 bits per heavy atom. The zero-order valence-electron chi connectivity index (χ0n) is 15.5. The zero-order chi connectivity index (χ0) is 21.0. The molecule has 1 aromatic heterocycles. The van der Waals surface area contributed by atoms with Gasteiger partial charge in [-0.05, 0) is 30.2 Å². The second kappa shape index (κ2) is 8.34. The number of hydrogen-bond acceptors (Lipinski definition) is 3. The molecule has 4 nitrogen and oxygen atoms in total. The van der Waals surface area contributed by atoms with Crippen molar-refractivity contribution in [2.75, 3.05) is 6.61 Å².